The number of carbonyl (C=O) groups is 2. The van der Waals surface area contributed by atoms with Gasteiger partial charge in [0.25, 0.3) is 0 Å². The maximum absolute atomic E-state index is 14.4. The summed E-state index contributed by atoms with van der Waals surface area (Å²) in [5, 5.41) is 14.5. The Morgan fingerprint density at radius 3 is 2.50 bits per heavy atom. The number of anilines is 6. The maximum atomic E-state index is 14.4. The summed E-state index contributed by atoms with van der Waals surface area (Å²) < 4.78 is 15.0. The van der Waals surface area contributed by atoms with Gasteiger partial charge in [0.05, 0.1) is 6.20 Å². The molecule has 214 valence electrons. The lowest BCUT2D eigenvalue weighted by molar-refractivity contribution is -0.116. The van der Waals surface area contributed by atoms with Crippen LogP contribution < -0.4 is 26.6 Å². The van der Waals surface area contributed by atoms with Gasteiger partial charge in [-0.05, 0) is 60.2 Å². The molecule has 5 N–H and O–H groups in total. The molecule has 2 amide bonds. The molecule has 0 unspecified atom stereocenters. The van der Waals surface area contributed by atoms with Crippen molar-refractivity contribution in [2.45, 2.75) is 13.0 Å². The smallest absolute Gasteiger partial charge is 0.247 e. The van der Waals surface area contributed by atoms with E-state index in [-0.39, 0.29) is 23.6 Å². The van der Waals surface area contributed by atoms with Crippen molar-refractivity contribution in [3.05, 3.63) is 103 Å². The summed E-state index contributed by atoms with van der Waals surface area (Å²) in [6.07, 6.45) is 5.98. The molecule has 0 aliphatic rings. The highest BCUT2D eigenvalue weighted by Crippen LogP contribution is 2.23. The molecule has 0 fully saturated rings. The number of nitrogens with one attached hydrogen (secondary N) is 5. The number of aromatic nitrogens is 3. The van der Waals surface area contributed by atoms with Crippen molar-refractivity contribution in [1.29, 1.82) is 0 Å². The van der Waals surface area contributed by atoms with Crippen molar-refractivity contribution in [2.24, 2.45) is 0 Å². The summed E-state index contributed by atoms with van der Waals surface area (Å²) >= 11 is 6.72. The minimum Gasteiger partial charge on any atom is -0.367 e. The van der Waals surface area contributed by atoms with Crippen LogP contribution in [0, 0.1) is 5.82 Å². The van der Waals surface area contributed by atoms with Gasteiger partial charge < -0.3 is 26.6 Å². The number of rotatable bonds is 12. The summed E-state index contributed by atoms with van der Waals surface area (Å²) in [5.41, 5.74) is 3.32. The Labute approximate surface area is 251 Å². The van der Waals surface area contributed by atoms with Crippen LogP contribution in [0.1, 0.15) is 12.0 Å². The number of amides is 2. The SMILES string of the molecule is C=CC(=O)Nc1cccc(Nc2nc(Nc3ccc(NC(=O)CCSC(=S)NCc4cccnc4)cc3)ncc2F)c1. The van der Waals surface area contributed by atoms with Crippen molar-refractivity contribution in [2.75, 3.05) is 27.0 Å². The number of pyridine rings is 1. The van der Waals surface area contributed by atoms with Gasteiger partial charge in [-0.2, -0.15) is 4.98 Å². The van der Waals surface area contributed by atoms with Crippen LogP contribution in [0.25, 0.3) is 0 Å². The fourth-order valence-electron chi connectivity index (χ4n) is 3.47. The fourth-order valence-corrected chi connectivity index (χ4v) is 4.44. The van der Waals surface area contributed by atoms with Crippen LogP contribution in [0.3, 0.4) is 0 Å². The van der Waals surface area contributed by atoms with Gasteiger partial charge in [0.2, 0.25) is 17.8 Å². The van der Waals surface area contributed by atoms with E-state index in [9.17, 15) is 14.0 Å². The summed E-state index contributed by atoms with van der Waals surface area (Å²) in [5.74, 6) is -0.491. The number of thiocarbonyl (C=S) groups is 1. The number of nitrogens with zero attached hydrogens (tertiary/aromatic N) is 3. The third-order valence-corrected chi connectivity index (χ3v) is 6.78. The monoisotopic (exact) mass is 602 g/mol. The zero-order valence-corrected chi connectivity index (χ0v) is 23.9. The third kappa shape index (κ3) is 9.64. The Bertz CT molecular complexity index is 1560. The van der Waals surface area contributed by atoms with Crippen molar-refractivity contribution >= 4 is 74.6 Å². The number of hydrogen-bond donors (Lipinski definition) is 5. The van der Waals surface area contributed by atoms with Crippen LogP contribution in [0.4, 0.5) is 38.9 Å². The molecule has 0 radical (unpaired) electrons. The standard InChI is InChI=1S/C29H27FN8O2S2/c1-2-25(39)35-22-6-3-7-23(15-22)36-27-24(30)18-32-28(38-27)37-21-10-8-20(9-11-21)34-26(40)12-14-42-29(41)33-17-19-5-4-13-31-16-19/h2-11,13,15-16,18H,1,12,14,17H2,(H,33,41)(H,34,40)(H,35,39)(H2,32,36,37,38). The molecule has 0 atom stereocenters. The number of benzene rings is 2. The van der Waals surface area contributed by atoms with E-state index in [1.165, 1.54) is 11.8 Å². The van der Waals surface area contributed by atoms with Gasteiger partial charge in [0.1, 0.15) is 4.32 Å². The van der Waals surface area contributed by atoms with Crippen LogP contribution in [0.15, 0.2) is 91.9 Å². The van der Waals surface area contributed by atoms with Gasteiger partial charge >= 0.3 is 0 Å². The van der Waals surface area contributed by atoms with Gasteiger partial charge in [0.15, 0.2) is 11.6 Å². The van der Waals surface area contributed by atoms with E-state index in [0.29, 0.717) is 45.8 Å². The van der Waals surface area contributed by atoms with Crippen molar-refractivity contribution < 1.29 is 14.0 Å². The van der Waals surface area contributed by atoms with E-state index in [4.69, 9.17) is 12.2 Å². The molecule has 2 aromatic heterocycles. The molecule has 13 heteroatoms. The van der Waals surface area contributed by atoms with E-state index in [1.807, 2.05) is 12.1 Å². The van der Waals surface area contributed by atoms with Crippen LogP contribution in [0.5, 0.6) is 0 Å². The first-order valence-electron chi connectivity index (χ1n) is 12.7. The average molecular weight is 603 g/mol. The molecular formula is C29H27FN8O2S2. The van der Waals surface area contributed by atoms with Crippen LogP contribution >= 0.6 is 24.0 Å². The van der Waals surface area contributed by atoms with Gasteiger partial charge in [0, 0.05) is 53.9 Å². The highest BCUT2D eigenvalue weighted by molar-refractivity contribution is 8.22. The topological polar surface area (TPSA) is 133 Å². The van der Waals surface area contributed by atoms with E-state index in [1.54, 1.807) is 60.9 Å². The lowest BCUT2D eigenvalue weighted by atomic mass is 10.2. The summed E-state index contributed by atoms with van der Waals surface area (Å²) in [6.45, 7) is 4.00. The Balaban J connectivity index is 1.24. The molecule has 2 heterocycles. The van der Waals surface area contributed by atoms with Gasteiger partial charge in [-0.1, -0.05) is 42.7 Å². The zero-order valence-electron chi connectivity index (χ0n) is 22.3. The molecular weight excluding hydrogens is 576 g/mol. The average Bonchev–Trinajstić information content (AvgIpc) is 2.99. The molecule has 4 aromatic rings. The molecule has 0 saturated carbocycles. The van der Waals surface area contributed by atoms with E-state index < -0.39 is 5.82 Å². The minimum absolute atomic E-state index is 0.0480. The second kappa shape index (κ2) is 15.2. The Kier molecular flexibility index (Phi) is 10.9. The highest BCUT2D eigenvalue weighted by Gasteiger charge is 2.10. The van der Waals surface area contributed by atoms with E-state index >= 15 is 0 Å². The first-order chi connectivity index (χ1) is 20.4. The quantitative estimate of drug-likeness (QED) is 0.101. The largest absolute Gasteiger partial charge is 0.367 e. The minimum atomic E-state index is -0.651. The summed E-state index contributed by atoms with van der Waals surface area (Å²) in [4.78, 5) is 36.2. The van der Waals surface area contributed by atoms with Crippen molar-refractivity contribution in [3.8, 4) is 0 Å². The molecule has 0 saturated heterocycles. The lowest BCUT2D eigenvalue weighted by Gasteiger charge is -2.11. The fraction of sp³-hybridized carbons (Fsp3) is 0.103. The van der Waals surface area contributed by atoms with Gasteiger partial charge in [-0.3, -0.25) is 14.6 Å². The summed E-state index contributed by atoms with van der Waals surface area (Å²) in [6, 6.07) is 17.5. The van der Waals surface area contributed by atoms with Crippen LogP contribution in [-0.4, -0.2) is 36.8 Å². The third-order valence-electron chi connectivity index (χ3n) is 5.47. The van der Waals surface area contributed by atoms with Gasteiger partial charge in [-0.25, -0.2) is 9.37 Å². The second-order valence-corrected chi connectivity index (χ2v) is 10.4. The maximum Gasteiger partial charge on any atom is 0.247 e. The first kappa shape index (κ1) is 30.1. The number of halogens is 1. The van der Waals surface area contributed by atoms with Crippen molar-refractivity contribution in [1.82, 2.24) is 20.3 Å². The number of hydrogen-bond acceptors (Lipinski definition) is 9. The molecule has 4 rings (SSSR count). The molecule has 42 heavy (non-hydrogen) atoms. The molecule has 2 aromatic carbocycles. The Morgan fingerprint density at radius 1 is 0.952 bits per heavy atom. The predicted molar refractivity (Wildman–Crippen MR) is 170 cm³/mol. The lowest BCUT2D eigenvalue weighted by Crippen LogP contribution is -2.19. The Hall–Kier alpha value is -4.88. The van der Waals surface area contributed by atoms with Crippen LogP contribution in [-0.2, 0) is 16.1 Å². The zero-order chi connectivity index (χ0) is 29.7. The molecule has 10 nitrogen and oxygen atoms in total. The molecule has 0 aliphatic carbocycles. The first-order valence-corrected chi connectivity index (χ1v) is 14.1. The Morgan fingerprint density at radius 2 is 1.74 bits per heavy atom. The molecule has 0 bridgehead atoms. The molecule has 0 aliphatic heterocycles. The number of thioether (sulfide) groups is 1. The normalized spacial score (nSPS) is 10.3. The number of carbonyl (C=O) groups excluding carboxylic acids is 2. The highest BCUT2D eigenvalue weighted by atomic mass is 32.2. The summed E-state index contributed by atoms with van der Waals surface area (Å²) in [7, 11) is 0. The van der Waals surface area contributed by atoms with Gasteiger partial charge in [-0.15, -0.1) is 0 Å². The predicted octanol–water partition coefficient (Wildman–Crippen LogP) is 5.76. The van der Waals surface area contributed by atoms with E-state index in [0.717, 1.165) is 17.8 Å². The van der Waals surface area contributed by atoms with Crippen LogP contribution in [0.2, 0.25) is 0 Å². The van der Waals surface area contributed by atoms with Crippen molar-refractivity contribution in [3.63, 3.8) is 0 Å². The molecule has 0 spiro atoms. The van der Waals surface area contributed by atoms with E-state index in [2.05, 4.69) is 48.1 Å². The second-order valence-electron chi connectivity index (χ2n) is 8.64.